The second-order valence-electron chi connectivity index (χ2n) is 10.2. The molecule has 0 saturated carbocycles. The van der Waals surface area contributed by atoms with Gasteiger partial charge < -0.3 is 10.2 Å². The van der Waals surface area contributed by atoms with Crippen LogP contribution in [0.15, 0.2) is 67.0 Å². The number of nitrogens with one attached hydrogen (secondary N) is 2. The van der Waals surface area contributed by atoms with Gasteiger partial charge >= 0.3 is 6.18 Å². The second-order valence-corrected chi connectivity index (χ2v) is 10.2. The predicted octanol–water partition coefficient (Wildman–Crippen LogP) is 4.78. The van der Waals surface area contributed by atoms with Crippen molar-refractivity contribution in [2.24, 2.45) is 0 Å². The Morgan fingerprint density at radius 3 is 2.54 bits per heavy atom. The van der Waals surface area contributed by atoms with Crippen LogP contribution < -0.4 is 10.2 Å². The van der Waals surface area contributed by atoms with Gasteiger partial charge in [-0.2, -0.15) is 28.5 Å². The first-order valence-electron chi connectivity index (χ1n) is 13.3. The Balaban J connectivity index is 1.63. The molecule has 41 heavy (non-hydrogen) atoms. The number of halogens is 3. The lowest BCUT2D eigenvalue weighted by Crippen LogP contribution is -3.05. The van der Waals surface area contributed by atoms with E-state index >= 15 is 0 Å². The molecule has 0 atom stereocenters. The third-order valence-electron chi connectivity index (χ3n) is 6.91. The lowest BCUT2D eigenvalue weighted by Gasteiger charge is -2.16. The van der Waals surface area contributed by atoms with E-state index in [4.69, 9.17) is 4.98 Å². The average Bonchev–Trinajstić information content (AvgIpc) is 3.59. The number of nitriles is 1. The Morgan fingerprint density at radius 1 is 1.05 bits per heavy atom. The van der Waals surface area contributed by atoms with E-state index in [2.05, 4.69) is 35.7 Å². The van der Waals surface area contributed by atoms with Crippen molar-refractivity contribution < 1.29 is 18.1 Å². The SMILES string of the molecule is Cc1c(-c2ccnn2-c2ccc(C#N)cc2)cn2nc(NCCCC[NH+](C)C)nc2c1-c1cccc(C(F)(F)F)c1. The molecule has 0 bridgehead atoms. The fourth-order valence-electron chi connectivity index (χ4n) is 4.83. The van der Waals surface area contributed by atoms with E-state index in [0.29, 0.717) is 34.8 Å². The van der Waals surface area contributed by atoms with Gasteiger partial charge in [-0.25, -0.2) is 9.20 Å². The second kappa shape index (κ2) is 11.4. The molecular formula is C30H30F3N8+. The van der Waals surface area contributed by atoms with E-state index in [0.717, 1.165) is 54.0 Å². The number of aromatic nitrogens is 5. The molecule has 0 saturated heterocycles. The summed E-state index contributed by atoms with van der Waals surface area (Å²) < 4.78 is 44.4. The Labute approximate surface area is 235 Å². The van der Waals surface area contributed by atoms with E-state index in [1.54, 1.807) is 45.7 Å². The van der Waals surface area contributed by atoms with Crippen molar-refractivity contribution in [2.75, 3.05) is 32.5 Å². The van der Waals surface area contributed by atoms with Crippen LogP contribution in [0, 0.1) is 18.3 Å². The molecule has 5 aromatic rings. The standard InChI is InChI=1S/C30H29F3N8/c1-20-25(26-13-15-36-41(26)24-11-9-21(18-34)10-12-24)19-40-28(37-29(38-40)35-14-4-5-16-39(2)3)27(20)22-7-6-8-23(17-22)30(31,32)33/h6-13,15,17,19H,4-5,14,16H2,1-3H3,(H,35,38)/p+1. The number of anilines is 1. The number of hydrogen-bond acceptors (Lipinski definition) is 5. The van der Waals surface area contributed by atoms with Crippen LogP contribution in [0.25, 0.3) is 33.7 Å². The summed E-state index contributed by atoms with van der Waals surface area (Å²) in [6.07, 6.45) is 0.980. The van der Waals surface area contributed by atoms with Crippen molar-refractivity contribution in [1.82, 2.24) is 24.4 Å². The first-order valence-corrected chi connectivity index (χ1v) is 13.3. The van der Waals surface area contributed by atoms with Gasteiger partial charge in [0.2, 0.25) is 5.95 Å². The van der Waals surface area contributed by atoms with Crippen molar-refractivity contribution in [2.45, 2.75) is 25.9 Å². The van der Waals surface area contributed by atoms with Crippen molar-refractivity contribution in [3.8, 4) is 34.1 Å². The molecule has 0 aliphatic rings. The summed E-state index contributed by atoms with van der Waals surface area (Å²) in [5.41, 5.74) is 4.12. The fraction of sp³-hybridized carbons (Fsp3) is 0.267. The Kier molecular flexibility index (Phi) is 7.77. The lowest BCUT2D eigenvalue weighted by atomic mass is 9.95. The molecular weight excluding hydrogens is 529 g/mol. The van der Waals surface area contributed by atoms with E-state index in [1.165, 1.54) is 11.0 Å². The number of nitrogens with zero attached hydrogens (tertiary/aromatic N) is 6. The van der Waals surface area contributed by atoms with Gasteiger partial charge in [-0.15, -0.1) is 5.10 Å². The minimum atomic E-state index is -4.49. The molecule has 0 unspecified atom stereocenters. The zero-order chi connectivity index (χ0) is 29.1. The molecule has 5 rings (SSSR count). The molecule has 8 nitrogen and oxygen atoms in total. The average molecular weight is 560 g/mol. The quantitative estimate of drug-likeness (QED) is 0.254. The summed E-state index contributed by atoms with van der Waals surface area (Å²) in [5.74, 6) is 0.410. The summed E-state index contributed by atoms with van der Waals surface area (Å²) in [7, 11) is 4.22. The van der Waals surface area contributed by atoms with Gasteiger partial charge in [0.05, 0.1) is 55.4 Å². The van der Waals surface area contributed by atoms with Crippen LogP contribution in [-0.4, -0.2) is 51.6 Å². The van der Waals surface area contributed by atoms with Gasteiger partial charge in [-0.3, -0.25) is 0 Å². The third kappa shape index (κ3) is 5.93. The molecule has 3 aromatic heterocycles. The van der Waals surface area contributed by atoms with Gasteiger partial charge in [-0.05, 0) is 73.4 Å². The van der Waals surface area contributed by atoms with E-state index in [9.17, 15) is 18.4 Å². The third-order valence-corrected chi connectivity index (χ3v) is 6.91. The normalized spacial score (nSPS) is 11.8. The van der Waals surface area contributed by atoms with E-state index < -0.39 is 11.7 Å². The number of alkyl halides is 3. The van der Waals surface area contributed by atoms with Crippen LogP contribution in [-0.2, 0) is 6.18 Å². The van der Waals surface area contributed by atoms with Gasteiger partial charge in [0.1, 0.15) is 0 Å². The smallest absolute Gasteiger partial charge is 0.353 e. The van der Waals surface area contributed by atoms with Crippen molar-refractivity contribution in [1.29, 1.82) is 5.26 Å². The van der Waals surface area contributed by atoms with Crippen LogP contribution in [0.5, 0.6) is 0 Å². The monoisotopic (exact) mass is 559 g/mol. The lowest BCUT2D eigenvalue weighted by molar-refractivity contribution is -0.858. The largest absolute Gasteiger partial charge is 0.416 e. The molecule has 11 heteroatoms. The number of hydrogen-bond donors (Lipinski definition) is 2. The zero-order valence-electron chi connectivity index (χ0n) is 23.0. The summed E-state index contributed by atoms with van der Waals surface area (Å²) in [5, 5.41) is 21.6. The topological polar surface area (TPSA) is 88.3 Å². The van der Waals surface area contributed by atoms with Crippen molar-refractivity contribution >= 4 is 11.6 Å². The highest BCUT2D eigenvalue weighted by atomic mass is 19.4. The van der Waals surface area contributed by atoms with Gasteiger partial charge in [-0.1, -0.05) is 12.1 Å². The molecule has 0 radical (unpaired) electrons. The minimum absolute atomic E-state index is 0.390. The molecule has 0 spiro atoms. The van der Waals surface area contributed by atoms with Gasteiger partial charge in [0.25, 0.3) is 0 Å². The number of quaternary nitrogens is 1. The van der Waals surface area contributed by atoms with E-state index in [1.807, 2.05) is 19.2 Å². The molecule has 0 aliphatic carbocycles. The summed E-state index contributed by atoms with van der Waals surface area (Å²) in [4.78, 5) is 6.08. The van der Waals surface area contributed by atoms with Crippen molar-refractivity contribution in [3.63, 3.8) is 0 Å². The molecule has 0 fully saturated rings. The number of benzene rings is 2. The maximum absolute atomic E-state index is 13.7. The minimum Gasteiger partial charge on any atom is -0.353 e. The fourth-order valence-corrected chi connectivity index (χ4v) is 4.83. The highest BCUT2D eigenvalue weighted by Gasteiger charge is 2.31. The Bertz CT molecular complexity index is 1710. The molecule has 3 heterocycles. The summed E-state index contributed by atoms with van der Waals surface area (Å²) in [6.45, 7) is 3.60. The highest BCUT2D eigenvalue weighted by Crippen LogP contribution is 2.38. The van der Waals surface area contributed by atoms with Crippen LogP contribution in [0.4, 0.5) is 19.1 Å². The molecule has 2 aromatic carbocycles. The van der Waals surface area contributed by atoms with E-state index in [-0.39, 0.29) is 0 Å². The van der Waals surface area contributed by atoms with Gasteiger partial charge in [0.15, 0.2) is 5.65 Å². The predicted molar refractivity (Wildman–Crippen MR) is 151 cm³/mol. The molecule has 2 N–H and O–H groups in total. The first-order chi connectivity index (χ1) is 19.7. The zero-order valence-corrected chi connectivity index (χ0v) is 23.0. The van der Waals surface area contributed by atoms with Crippen LogP contribution in [0.2, 0.25) is 0 Å². The molecule has 0 aliphatic heterocycles. The first kappa shape index (κ1) is 27.9. The summed E-state index contributed by atoms with van der Waals surface area (Å²) >= 11 is 0. The summed E-state index contributed by atoms with van der Waals surface area (Å²) in [6, 6.07) is 16.2. The maximum Gasteiger partial charge on any atom is 0.416 e. The molecule has 210 valence electrons. The number of rotatable bonds is 9. The van der Waals surface area contributed by atoms with Crippen LogP contribution in [0.3, 0.4) is 0 Å². The number of fused-ring (bicyclic) bond motifs is 1. The van der Waals surface area contributed by atoms with Crippen LogP contribution >= 0.6 is 0 Å². The Morgan fingerprint density at radius 2 is 1.83 bits per heavy atom. The molecule has 0 amide bonds. The number of pyridine rings is 1. The van der Waals surface area contributed by atoms with Gasteiger partial charge in [0, 0.05) is 23.9 Å². The Hall–Kier alpha value is -4.69. The highest BCUT2D eigenvalue weighted by molar-refractivity contribution is 5.86. The number of unbranched alkanes of at least 4 members (excludes halogenated alkanes) is 1. The van der Waals surface area contributed by atoms with Crippen LogP contribution in [0.1, 0.15) is 29.5 Å². The van der Waals surface area contributed by atoms with Crippen molar-refractivity contribution in [3.05, 3.63) is 83.7 Å². The maximum atomic E-state index is 13.7.